The number of hydrogen-bond acceptors (Lipinski definition) is 8. The molecule has 0 saturated carbocycles. The normalized spacial score (nSPS) is 30.1. The molecule has 1 aliphatic heterocycles. The van der Waals surface area contributed by atoms with E-state index in [9.17, 15) is 15.0 Å². The fourth-order valence-corrected chi connectivity index (χ4v) is 2.25. The summed E-state index contributed by atoms with van der Waals surface area (Å²) >= 11 is 0. The van der Waals surface area contributed by atoms with Gasteiger partial charge in [-0.05, 0) is 0 Å². The van der Waals surface area contributed by atoms with Gasteiger partial charge in [0.05, 0.1) is 12.9 Å². The monoisotopic (exact) mass is 283 g/mol. The summed E-state index contributed by atoms with van der Waals surface area (Å²) in [6, 6.07) is 0. The molecule has 3 heterocycles. The lowest BCUT2D eigenvalue weighted by Crippen LogP contribution is -2.33. The second-order valence-corrected chi connectivity index (χ2v) is 4.51. The van der Waals surface area contributed by atoms with Crippen LogP contribution in [0.2, 0.25) is 0 Å². The number of hydrogen-bond donors (Lipinski definition) is 5. The van der Waals surface area contributed by atoms with Crippen molar-refractivity contribution >= 4 is 17.0 Å². The summed E-state index contributed by atoms with van der Waals surface area (Å²) in [4.78, 5) is 21.4. The van der Waals surface area contributed by atoms with Crippen LogP contribution in [0.1, 0.15) is 6.23 Å². The number of nitrogen functional groups attached to an aromatic ring is 1. The Morgan fingerprint density at radius 3 is 2.85 bits per heavy atom. The number of imidazole rings is 1. The molecule has 0 radical (unpaired) electrons. The van der Waals surface area contributed by atoms with E-state index in [1.54, 1.807) is 0 Å². The van der Waals surface area contributed by atoms with Crippen molar-refractivity contribution in [3.63, 3.8) is 0 Å². The van der Waals surface area contributed by atoms with Crippen LogP contribution in [-0.4, -0.2) is 59.8 Å². The third-order valence-electron chi connectivity index (χ3n) is 3.26. The van der Waals surface area contributed by atoms with Gasteiger partial charge in [-0.2, -0.15) is 4.98 Å². The summed E-state index contributed by atoms with van der Waals surface area (Å²) in [7, 11) is 0. The van der Waals surface area contributed by atoms with E-state index in [1.807, 2.05) is 0 Å². The first kappa shape index (κ1) is 13.0. The van der Waals surface area contributed by atoms with Gasteiger partial charge in [0.1, 0.15) is 29.6 Å². The fraction of sp³-hybridized carbons (Fsp3) is 0.500. The van der Waals surface area contributed by atoms with Gasteiger partial charge in [-0.3, -0.25) is 9.55 Å². The molecule has 108 valence electrons. The first-order chi connectivity index (χ1) is 9.52. The van der Waals surface area contributed by atoms with Crippen LogP contribution in [0.5, 0.6) is 0 Å². The minimum absolute atomic E-state index is 0.0468. The second-order valence-electron chi connectivity index (χ2n) is 4.51. The van der Waals surface area contributed by atoms with Crippen LogP contribution >= 0.6 is 0 Å². The van der Waals surface area contributed by atoms with E-state index in [1.165, 1.54) is 10.9 Å². The molecule has 0 unspecified atom stereocenters. The number of aromatic nitrogens is 4. The van der Waals surface area contributed by atoms with E-state index >= 15 is 0 Å². The van der Waals surface area contributed by atoms with E-state index in [-0.39, 0.29) is 17.0 Å². The number of rotatable bonds is 2. The highest BCUT2D eigenvalue weighted by atomic mass is 16.6. The number of nitrogens with two attached hydrogens (primary N) is 1. The summed E-state index contributed by atoms with van der Waals surface area (Å²) in [5, 5.41) is 28.7. The Labute approximate surface area is 111 Å². The lowest BCUT2D eigenvalue weighted by Gasteiger charge is -2.16. The van der Waals surface area contributed by atoms with E-state index in [0.717, 1.165) is 0 Å². The molecule has 10 nitrogen and oxygen atoms in total. The number of anilines is 1. The summed E-state index contributed by atoms with van der Waals surface area (Å²) in [5.74, 6) is 0.0468. The van der Waals surface area contributed by atoms with Gasteiger partial charge in [-0.25, -0.2) is 9.78 Å². The molecule has 4 atom stereocenters. The summed E-state index contributed by atoms with van der Waals surface area (Å²) < 4.78 is 6.64. The number of fused-ring (bicyclic) bond motifs is 1. The molecule has 1 fully saturated rings. The molecular weight excluding hydrogens is 270 g/mol. The average molecular weight is 283 g/mol. The average Bonchev–Trinajstić information content (AvgIpc) is 2.93. The zero-order valence-corrected chi connectivity index (χ0v) is 10.2. The second kappa shape index (κ2) is 4.52. The maximum Gasteiger partial charge on any atom is 0.348 e. The van der Waals surface area contributed by atoms with Crippen LogP contribution in [0.4, 0.5) is 5.82 Å². The minimum Gasteiger partial charge on any atom is -0.394 e. The molecule has 6 N–H and O–H groups in total. The Kier molecular flexibility index (Phi) is 2.94. The van der Waals surface area contributed by atoms with Crippen molar-refractivity contribution in [3.8, 4) is 0 Å². The lowest BCUT2D eigenvalue weighted by atomic mass is 10.1. The van der Waals surface area contributed by atoms with Crippen molar-refractivity contribution in [2.24, 2.45) is 0 Å². The highest BCUT2D eigenvalue weighted by molar-refractivity contribution is 5.81. The van der Waals surface area contributed by atoms with Crippen LogP contribution in [0.25, 0.3) is 11.2 Å². The number of H-pyrrole nitrogens is 1. The summed E-state index contributed by atoms with van der Waals surface area (Å²) in [6.07, 6.45) is -3.18. The molecule has 2 aromatic heterocycles. The van der Waals surface area contributed by atoms with Gasteiger partial charge in [-0.1, -0.05) is 0 Å². The quantitative estimate of drug-likeness (QED) is 0.398. The van der Waals surface area contributed by atoms with Crippen molar-refractivity contribution in [1.29, 1.82) is 0 Å². The van der Waals surface area contributed by atoms with Gasteiger partial charge in [0.25, 0.3) is 0 Å². The van der Waals surface area contributed by atoms with Gasteiger partial charge in [0.2, 0.25) is 0 Å². The molecule has 20 heavy (non-hydrogen) atoms. The third kappa shape index (κ3) is 1.78. The Hall–Kier alpha value is -2.01. The smallest absolute Gasteiger partial charge is 0.348 e. The number of ether oxygens (including phenoxy) is 1. The number of nitrogens with zero attached hydrogens (tertiary/aromatic N) is 3. The Morgan fingerprint density at radius 2 is 2.20 bits per heavy atom. The van der Waals surface area contributed by atoms with Crippen LogP contribution in [0.15, 0.2) is 11.1 Å². The first-order valence-electron chi connectivity index (χ1n) is 5.87. The topological polar surface area (TPSA) is 160 Å². The van der Waals surface area contributed by atoms with E-state index in [0.29, 0.717) is 0 Å². The van der Waals surface area contributed by atoms with Crippen molar-refractivity contribution in [2.45, 2.75) is 24.5 Å². The van der Waals surface area contributed by atoms with Crippen molar-refractivity contribution in [1.82, 2.24) is 19.5 Å². The Morgan fingerprint density at radius 1 is 1.45 bits per heavy atom. The van der Waals surface area contributed by atoms with Crippen LogP contribution < -0.4 is 11.4 Å². The largest absolute Gasteiger partial charge is 0.394 e. The molecule has 0 spiro atoms. The predicted octanol–water partition coefficient (Wildman–Crippen LogP) is -2.69. The van der Waals surface area contributed by atoms with Crippen LogP contribution in [0, 0.1) is 0 Å². The maximum atomic E-state index is 11.4. The molecule has 10 heteroatoms. The van der Waals surface area contributed by atoms with Crippen LogP contribution in [-0.2, 0) is 4.74 Å². The van der Waals surface area contributed by atoms with Crippen molar-refractivity contribution in [2.75, 3.05) is 12.3 Å². The number of aromatic amines is 1. The van der Waals surface area contributed by atoms with Gasteiger partial charge in [0.15, 0.2) is 11.9 Å². The Balaban J connectivity index is 2.09. The number of aliphatic hydroxyl groups is 3. The van der Waals surface area contributed by atoms with Gasteiger partial charge >= 0.3 is 5.69 Å². The number of nitrogens with one attached hydrogen (secondary N) is 1. The zero-order chi connectivity index (χ0) is 14.4. The molecule has 0 amide bonds. The predicted molar refractivity (Wildman–Crippen MR) is 65.6 cm³/mol. The SMILES string of the molecule is Nc1[nH]c(=O)nc2c1ncn2[C@@H]1O[C@H](CO)[C@@H](O)[C@@H]1O. The molecule has 1 aliphatic rings. The zero-order valence-electron chi connectivity index (χ0n) is 10.2. The van der Waals surface area contributed by atoms with Gasteiger partial charge in [0, 0.05) is 0 Å². The molecule has 0 aliphatic carbocycles. The van der Waals surface area contributed by atoms with Crippen molar-refractivity contribution in [3.05, 3.63) is 16.8 Å². The Bertz CT molecular complexity index is 697. The maximum absolute atomic E-state index is 11.4. The number of aliphatic hydroxyl groups excluding tert-OH is 3. The molecule has 0 aromatic carbocycles. The summed E-state index contributed by atoms with van der Waals surface area (Å²) in [6.45, 7) is -0.447. The lowest BCUT2D eigenvalue weighted by molar-refractivity contribution is -0.0511. The van der Waals surface area contributed by atoms with E-state index < -0.39 is 36.8 Å². The van der Waals surface area contributed by atoms with E-state index in [4.69, 9.17) is 15.6 Å². The van der Waals surface area contributed by atoms with Crippen LogP contribution in [0.3, 0.4) is 0 Å². The highest BCUT2D eigenvalue weighted by Gasteiger charge is 2.44. The highest BCUT2D eigenvalue weighted by Crippen LogP contribution is 2.31. The minimum atomic E-state index is -1.29. The molecule has 3 rings (SSSR count). The van der Waals surface area contributed by atoms with Gasteiger partial charge in [-0.15, -0.1) is 0 Å². The molecule has 1 saturated heterocycles. The molecule has 0 bridgehead atoms. The first-order valence-corrected chi connectivity index (χ1v) is 5.87. The molecule has 2 aromatic rings. The van der Waals surface area contributed by atoms with Crippen molar-refractivity contribution < 1.29 is 20.1 Å². The summed E-state index contributed by atoms with van der Waals surface area (Å²) in [5.41, 5.74) is 5.34. The molecular formula is C10H13N5O5. The fourth-order valence-electron chi connectivity index (χ4n) is 2.25. The van der Waals surface area contributed by atoms with Gasteiger partial charge < -0.3 is 25.8 Å². The standard InChI is InChI=1S/C10H13N5O5/c11-7-4-8(14-10(19)13-7)15(2-12-4)9-6(18)5(17)3(1-16)20-9/h2-3,5-6,9,16-18H,1H2,(H3,11,13,14,19)/t3-,5-,6+,9-/m1/s1. The van der Waals surface area contributed by atoms with E-state index in [2.05, 4.69) is 15.0 Å². The third-order valence-corrected chi connectivity index (χ3v) is 3.26.